The average Bonchev–Trinajstić information content (AvgIpc) is 2.74. The van der Waals surface area contributed by atoms with Crippen LogP contribution in [0, 0.1) is 6.92 Å². The molecule has 0 spiro atoms. The van der Waals surface area contributed by atoms with Crippen LogP contribution < -0.4 is 10.6 Å². The van der Waals surface area contributed by atoms with E-state index < -0.39 is 0 Å². The minimum atomic E-state index is 0.0424. The van der Waals surface area contributed by atoms with Crippen molar-refractivity contribution in [1.82, 2.24) is 4.98 Å². The number of nitrogens with zero attached hydrogens (tertiary/aromatic N) is 2. The van der Waals surface area contributed by atoms with Gasteiger partial charge in [-0.2, -0.15) is 0 Å². The summed E-state index contributed by atoms with van der Waals surface area (Å²) in [6, 6.07) is 8.31. The zero-order valence-corrected chi connectivity index (χ0v) is 11.9. The number of nitrogens with two attached hydrogens (primary N) is 1. The molecule has 0 fully saturated rings. The molecule has 0 unspecified atom stereocenters. The van der Waals surface area contributed by atoms with E-state index in [0.29, 0.717) is 0 Å². The van der Waals surface area contributed by atoms with Crippen LogP contribution in [0.4, 0.5) is 5.69 Å². The molecule has 0 saturated heterocycles. The number of aromatic nitrogens is 1. The summed E-state index contributed by atoms with van der Waals surface area (Å²) in [5.74, 6) is 0. The molecular formula is C14H19N3S. The van der Waals surface area contributed by atoms with Crippen LogP contribution >= 0.6 is 11.3 Å². The van der Waals surface area contributed by atoms with E-state index in [-0.39, 0.29) is 6.04 Å². The SMILES string of the molecule is Cc1nc(CN(C)c2ccccc2[C@H](C)N)cs1. The summed E-state index contributed by atoms with van der Waals surface area (Å²) in [7, 11) is 2.08. The smallest absolute Gasteiger partial charge is 0.0898 e. The van der Waals surface area contributed by atoms with Gasteiger partial charge in [-0.1, -0.05) is 18.2 Å². The second kappa shape index (κ2) is 5.50. The molecule has 1 atom stereocenters. The third-order valence-electron chi connectivity index (χ3n) is 2.90. The van der Waals surface area contributed by atoms with E-state index in [2.05, 4.69) is 34.4 Å². The Hall–Kier alpha value is -1.39. The Kier molecular flexibility index (Phi) is 3.99. The molecule has 0 aliphatic heterocycles. The molecular weight excluding hydrogens is 242 g/mol. The number of rotatable bonds is 4. The van der Waals surface area contributed by atoms with Crippen molar-refractivity contribution in [2.75, 3.05) is 11.9 Å². The second-order valence-electron chi connectivity index (χ2n) is 4.56. The molecule has 0 bridgehead atoms. The first-order valence-corrected chi connectivity index (χ1v) is 6.92. The first kappa shape index (κ1) is 13.1. The predicted molar refractivity (Wildman–Crippen MR) is 78.0 cm³/mol. The van der Waals surface area contributed by atoms with E-state index in [4.69, 9.17) is 5.73 Å². The van der Waals surface area contributed by atoms with Crippen molar-refractivity contribution in [3.05, 3.63) is 45.9 Å². The van der Waals surface area contributed by atoms with E-state index in [0.717, 1.165) is 17.2 Å². The largest absolute Gasteiger partial charge is 0.368 e. The fraction of sp³-hybridized carbons (Fsp3) is 0.357. The monoisotopic (exact) mass is 261 g/mol. The third kappa shape index (κ3) is 2.89. The topological polar surface area (TPSA) is 42.2 Å². The van der Waals surface area contributed by atoms with Crippen LogP contribution in [0.2, 0.25) is 0 Å². The van der Waals surface area contributed by atoms with Crippen molar-refractivity contribution in [2.45, 2.75) is 26.4 Å². The van der Waals surface area contributed by atoms with Gasteiger partial charge in [-0.15, -0.1) is 11.3 Å². The van der Waals surface area contributed by atoms with Gasteiger partial charge in [0.05, 0.1) is 17.2 Å². The summed E-state index contributed by atoms with van der Waals surface area (Å²) in [6.45, 7) is 4.86. The fourth-order valence-corrected chi connectivity index (χ4v) is 2.63. The molecule has 2 rings (SSSR count). The maximum absolute atomic E-state index is 6.01. The maximum Gasteiger partial charge on any atom is 0.0898 e. The van der Waals surface area contributed by atoms with E-state index in [1.54, 1.807) is 11.3 Å². The van der Waals surface area contributed by atoms with Crippen molar-refractivity contribution >= 4 is 17.0 Å². The molecule has 0 aliphatic rings. The number of benzene rings is 1. The summed E-state index contributed by atoms with van der Waals surface area (Å²) >= 11 is 1.69. The third-order valence-corrected chi connectivity index (χ3v) is 3.73. The number of para-hydroxylation sites is 1. The Morgan fingerprint density at radius 1 is 1.39 bits per heavy atom. The molecule has 4 heteroatoms. The van der Waals surface area contributed by atoms with E-state index in [1.807, 2.05) is 26.0 Å². The highest BCUT2D eigenvalue weighted by molar-refractivity contribution is 7.09. The zero-order valence-electron chi connectivity index (χ0n) is 11.1. The quantitative estimate of drug-likeness (QED) is 0.919. The number of anilines is 1. The lowest BCUT2D eigenvalue weighted by Crippen LogP contribution is -2.20. The highest BCUT2D eigenvalue weighted by atomic mass is 32.1. The van der Waals surface area contributed by atoms with Gasteiger partial charge in [0.1, 0.15) is 0 Å². The normalized spacial score (nSPS) is 12.4. The summed E-state index contributed by atoms with van der Waals surface area (Å²) in [4.78, 5) is 6.70. The number of aryl methyl sites for hydroxylation is 1. The van der Waals surface area contributed by atoms with Gasteiger partial charge in [0.2, 0.25) is 0 Å². The highest BCUT2D eigenvalue weighted by Gasteiger charge is 2.11. The molecule has 3 nitrogen and oxygen atoms in total. The predicted octanol–water partition coefficient (Wildman–Crippen LogP) is 3.11. The van der Waals surface area contributed by atoms with Crippen LogP contribution in [0.25, 0.3) is 0 Å². The summed E-state index contributed by atoms with van der Waals surface area (Å²) in [5, 5.41) is 3.22. The summed E-state index contributed by atoms with van der Waals surface area (Å²) in [6.07, 6.45) is 0. The molecule has 1 aromatic heterocycles. The van der Waals surface area contributed by atoms with Crippen molar-refractivity contribution < 1.29 is 0 Å². The Morgan fingerprint density at radius 3 is 2.72 bits per heavy atom. The van der Waals surface area contributed by atoms with Crippen LogP contribution in [0.3, 0.4) is 0 Å². The average molecular weight is 261 g/mol. The van der Waals surface area contributed by atoms with Crippen molar-refractivity contribution in [3.8, 4) is 0 Å². The molecule has 18 heavy (non-hydrogen) atoms. The zero-order chi connectivity index (χ0) is 13.1. The lowest BCUT2D eigenvalue weighted by atomic mass is 10.1. The Balaban J connectivity index is 2.20. The minimum Gasteiger partial charge on any atom is -0.368 e. The Morgan fingerprint density at radius 2 is 2.11 bits per heavy atom. The first-order chi connectivity index (χ1) is 8.58. The van der Waals surface area contributed by atoms with Gasteiger partial charge in [0, 0.05) is 24.2 Å². The van der Waals surface area contributed by atoms with Crippen LogP contribution in [-0.4, -0.2) is 12.0 Å². The van der Waals surface area contributed by atoms with E-state index in [9.17, 15) is 0 Å². The van der Waals surface area contributed by atoms with Crippen LogP contribution in [-0.2, 0) is 6.54 Å². The minimum absolute atomic E-state index is 0.0424. The van der Waals surface area contributed by atoms with Gasteiger partial charge in [0.15, 0.2) is 0 Å². The van der Waals surface area contributed by atoms with Crippen LogP contribution in [0.5, 0.6) is 0 Å². The van der Waals surface area contributed by atoms with Gasteiger partial charge in [-0.3, -0.25) is 0 Å². The molecule has 2 aromatic rings. The van der Waals surface area contributed by atoms with Crippen LogP contribution in [0.15, 0.2) is 29.6 Å². The molecule has 0 saturated carbocycles. The number of hydrogen-bond donors (Lipinski definition) is 1. The number of thiazole rings is 1. The van der Waals surface area contributed by atoms with Gasteiger partial charge < -0.3 is 10.6 Å². The van der Waals surface area contributed by atoms with E-state index >= 15 is 0 Å². The van der Waals surface area contributed by atoms with E-state index in [1.165, 1.54) is 11.3 Å². The van der Waals surface area contributed by atoms with Gasteiger partial charge in [-0.25, -0.2) is 4.98 Å². The van der Waals surface area contributed by atoms with Crippen molar-refractivity contribution in [3.63, 3.8) is 0 Å². The molecule has 1 heterocycles. The molecule has 0 aliphatic carbocycles. The fourth-order valence-electron chi connectivity index (χ4n) is 2.03. The molecule has 0 radical (unpaired) electrons. The van der Waals surface area contributed by atoms with Crippen LogP contribution in [0.1, 0.15) is 29.2 Å². The Bertz CT molecular complexity index is 519. The van der Waals surface area contributed by atoms with Crippen molar-refractivity contribution in [1.29, 1.82) is 0 Å². The summed E-state index contributed by atoms with van der Waals surface area (Å²) < 4.78 is 0. The summed E-state index contributed by atoms with van der Waals surface area (Å²) in [5.41, 5.74) is 9.47. The molecule has 1 aromatic carbocycles. The van der Waals surface area contributed by atoms with Gasteiger partial charge >= 0.3 is 0 Å². The van der Waals surface area contributed by atoms with Gasteiger partial charge in [-0.05, 0) is 25.5 Å². The molecule has 0 amide bonds. The lowest BCUT2D eigenvalue weighted by Gasteiger charge is -2.23. The standard InChI is InChI=1S/C14H19N3S/c1-10(15)13-6-4-5-7-14(13)17(3)8-12-9-18-11(2)16-12/h4-7,9-10H,8,15H2,1-3H3/t10-/m0/s1. The maximum atomic E-state index is 6.01. The lowest BCUT2D eigenvalue weighted by molar-refractivity contribution is 0.797. The van der Waals surface area contributed by atoms with Crippen molar-refractivity contribution in [2.24, 2.45) is 5.73 Å². The molecule has 96 valence electrons. The highest BCUT2D eigenvalue weighted by Crippen LogP contribution is 2.25. The Labute approximate surface area is 112 Å². The molecule has 2 N–H and O–H groups in total. The van der Waals surface area contributed by atoms with Gasteiger partial charge in [0.25, 0.3) is 0 Å². The number of hydrogen-bond acceptors (Lipinski definition) is 4. The first-order valence-electron chi connectivity index (χ1n) is 6.04. The second-order valence-corrected chi connectivity index (χ2v) is 5.62.